The van der Waals surface area contributed by atoms with Gasteiger partial charge in [-0.3, -0.25) is 0 Å². The number of hydrogen-bond acceptors (Lipinski definition) is 0. The van der Waals surface area contributed by atoms with Crippen LogP contribution in [-0.2, 0) is 16.5 Å². The first-order valence-electron chi connectivity index (χ1n) is 4.95. The van der Waals surface area contributed by atoms with Gasteiger partial charge in [-0.2, -0.15) is 0 Å². The van der Waals surface area contributed by atoms with E-state index in [1.807, 2.05) is 0 Å². The van der Waals surface area contributed by atoms with Gasteiger partial charge in [0.05, 0.1) is 0 Å². The summed E-state index contributed by atoms with van der Waals surface area (Å²) in [6, 6.07) is 0. The molecule has 0 saturated carbocycles. The van der Waals surface area contributed by atoms with Crippen LogP contribution in [0.5, 0.6) is 0 Å². The molecule has 1 aliphatic carbocycles. The van der Waals surface area contributed by atoms with Crippen molar-refractivity contribution in [3.05, 3.63) is 36.5 Å². The molecule has 1 rings (SSSR count). The molecule has 0 unspecified atom stereocenters. The van der Waals surface area contributed by atoms with E-state index in [4.69, 9.17) is 0 Å². The van der Waals surface area contributed by atoms with Crippen LogP contribution in [0.15, 0.2) is 36.5 Å². The van der Waals surface area contributed by atoms with E-state index in [1.165, 1.54) is 38.5 Å². The van der Waals surface area contributed by atoms with Crippen molar-refractivity contribution < 1.29 is 16.5 Å². The molecule has 0 heterocycles. The molecular weight excluding hydrogens is 203 g/mol. The molecule has 0 radical (unpaired) electrons. The first kappa shape index (κ1) is 12.7. The van der Waals surface area contributed by atoms with E-state index in [9.17, 15) is 0 Å². The zero-order valence-corrected chi connectivity index (χ0v) is 9.01. The Bertz CT molecular complexity index is 126. The molecule has 0 aromatic rings. The van der Waals surface area contributed by atoms with Gasteiger partial charge in [-0.1, -0.05) is 36.5 Å². The van der Waals surface area contributed by atoms with Gasteiger partial charge in [0.25, 0.3) is 0 Å². The third kappa shape index (κ3) is 8.05. The van der Waals surface area contributed by atoms with Crippen molar-refractivity contribution in [1.29, 1.82) is 0 Å². The Kier molecular flexibility index (Phi) is 9.58. The van der Waals surface area contributed by atoms with Crippen molar-refractivity contribution in [2.45, 2.75) is 38.5 Å². The molecule has 0 bridgehead atoms. The molecule has 76 valence electrons. The largest absolute Gasteiger partial charge is 0.0882 e. The topological polar surface area (TPSA) is 0 Å². The van der Waals surface area contributed by atoms with Crippen LogP contribution in [-0.4, -0.2) is 0 Å². The molecule has 1 aliphatic rings. The van der Waals surface area contributed by atoms with Crippen LogP contribution in [0.25, 0.3) is 0 Å². The van der Waals surface area contributed by atoms with Gasteiger partial charge in [0.1, 0.15) is 0 Å². The summed E-state index contributed by atoms with van der Waals surface area (Å²) in [6.45, 7) is 0. The minimum Gasteiger partial charge on any atom is -0.0882 e. The van der Waals surface area contributed by atoms with E-state index >= 15 is 0 Å². The third-order valence-electron chi connectivity index (χ3n) is 2.00. The molecule has 13 heavy (non-hydrogen) atoms. The van der Waals surface area contributed by atoms with Gasteiger partial charge < -0.3 is 0 Å². The summed E-state index contributed by atoms with van der Waals surface area (Å²) in [5.41, 5.74) is 0. The maximum absolute atomic E-state index is 2.29. The van der Waals surface area contributed by atoms with Gasteiger partial charge in [0.2, 0.25) is 0 Å². The smallest absolute Gasteiger partial charge is 0 e. The summed E-state index contributed by atoms with van der Waals surface area (Å²) in [5, 5.41) is 0. The zero-order chi connectivity index (χ0) is 8.49. The first-order valence-corrected chi connectivity index (χ1v) is 4.95. The number of rotatable bonds is 0. The van der Waals surface area contributed by atoms with Crippen LogP contribution >= 0.6 is 0 Å². The van der Waals surface area contributed by atoms with Crippen molar-refractivity contribution in [2.75, 3.05) is 0 Å². The van der Waals surface area contributed by atoms with Crippen molar-refractivity contribution >= 4 is 0 Å². The number of hydrogen-bond donors (Lipinski definition) is 0. The molecule has 0 aromatic carbocycles. The van der Waals surface area contributed by atoms with Crippen LogP contribution < -0.4 is 0 Å². The summed E-state index contributed by atoms with van der Waals surface area (Å²) >= 11 is 0. The molecule has 0 atom stereocenters. The fourth-order valence-electron chi connectivity index (χ4n) is 1.28. The average molecular weight is 221 g/mol. The molecule has 0 N–H and O–H groups in total. The van der Waals surface area contributed by atoms with Gasteiger partial charge in [0.15, 0.2) is 0 Å². The Hall–Kier alpha value is -0.286. The molecule has 0 fully saturated rings. The predicted octanol–water partition coefficient (Wildman–Crippen LogP) is 4.01. The minimum absolute atomic E-state index is 0. The summed E-state index contributed by atoms with van der Waals surface area (Å²) in [4.78, 5) is 0. The Morgan fingerprint density at radius 3 is 0.692 bits per heavy atom. The standard InChI is InChI=1S/C12H18.Ni/c1-2-4-6-8-10-12-11-9-7-5-3-1;/h1-2,7-10H,3-6,11-12H2;/b2-1-,9-7+,10-8+;. The Morgan fingerprint density at radius 1 is 0.385 bits per heavy atom. The monoisotopic (exact) mass is 220 g/mol. The summed E-state index contributed by atoms with van der Waals surface area (Å²) in [5.74, 6) is 0. The second-order valence-corrected chi connectivity index (χ2v) is 3.15. The average Bonchev–Trinajstić information content (AvgIpc) is 2.05. The normalized spacial score (nSPS) is 25.8. The van der Waals surface area contributed by atoms with Gasteiger partial charge in [-0.25, -0.2) is 0 Å². The van der Waals surface area contributed by atoms with E-state index in [1.54, 1.807) is 0 Å². The fourth-order valence-corrected chi connectivity index (χ4v) is 1.28. The Labute approximate surface area is 91.7 Å². The Morgan fingerprint density at radius 2 is 0.538 bits per heavy atom. The van der Waals surface area contributed by atoms with E-state index < -0.39 is 0 Å². The molecular formula is C12H18Ni. The predicted molar refractivity (Wildman–Crippen MR) is 55.1 cm³/mol. The van der Waals surface area contributed by atoms with Crippen molar-refractivity contribution in [3.63, 3.8) is 0 Å². The van der Waals surface area contributed by atoms with Gasteiger partial charge in [-0.05, 0) is 38.5 Å². The second kappa shape index (κ2) is 9.80. The third-order valence-corrected chi connectivity index (χ3v) is 2.00. The molecule has 0 spiro atoms. The molecule has 0 nitrogen and oxygen atoms in total. The summed E-state index contributed by atoms with van der Waals surface area (Å²) < 4.78 is 0. The van der Waals surface area contributed by atoms with Crippen molar-refractivity contribution in [2.24, 2.45) is 0 Å². The van der Waals surface area contributed by atoms with Crippen molar-refractivity contribution in [1.82, 2.24) is 0 Å². The summed E-state index contributed by atoms with van der Waals surface area (Å²) in [7, 11) is 0. The van der Waals surface area contributed by atoms with E-state index in [-0.39, 0.29) is 16.5 Å². The molecule has 0 saturated heterocycles. The van der Waals surface area contributed by atoms with Crippen LogP contribution in [0.3, 0.4) is 0 Å². The molecule has 0 aromatic heterocycles. The van der Waals surface area contributed by atoms with Crippen LogP contribution in [0.1, 0.15) is 38.5 Å². The SMILES string of the molecule is C1=C\CC/C=C/CC/C=C/CC/1.[Ni]. The maximum atomic E-state index is 2.29. The van der Waals surface area contributed by atoms with Gasteiger partial charge in [-0.15, -0.1) is 0 Å². The Balaban J connectivity index is 0.00000144. The van der Waals surface area contributed by atoms with E-state index in [0.717, 1.165) is 0 Å². The molecule has 0 aliphatic heterocycles. The molecule has 1 heteroatoms. The maximum Gasteiger partial charge on any atom is 0 e. The minimum atomic E-state index is 0. The first-order chi connectivity index (χ1) is 6.00. The van der Waals surface area contributed by atoms with Crippen molar-refractivity contribution in [3.8, 4) is 0 Å². The van der Waals surface area contributed by atoms with Crippen LogP contribution in [0.2, 0.25) is 0 Å². The van der Waals surface area contributed by atoms with E-state index in [0.29, 0.717) is 0 Å². The van der Waals surface area contributed by atoms with E-state index in [2.05, 4.69) is 36.5 Å². The van der Waals surface area contributed by atoms with Gasteiger partial charge >= 0.3 is 0 Å². The fraction of sp³-hybridized carbons (Fsp3) is 0.500. The molecule has 0 amide bonds. The zero-order valence-electron chi connectivity index (χ0n) is 8.02. The van der Waals surface area contributed by atoms with Crippen LogP contribution in [0.4, 0.5) is 0 Å². The summed E-state index contributed by atoms with van der Waals surface area (Å²) in [6.07, 6.45) is 21.0. The van der Waals surface area contributed by atoms with Crippen LogP contribution in [0, 0.1) is 0 Å². The second-order valence-electron chi connectivity index (χ2n) is 3.15. The quantitative estimate of drug-likeness (QED) is 0.428. The number of allylic oxidation sites excluding steroid dienone is 6. The van der Waals surface area contributed by atoms with Gasteiger partial charge in [0, 0.05) is 16.5 Å².